The van der Waals surface area contributed by atoms with E-state index in [4.69, 9.17) is 0 Å². The Labute approximate surface area is 125 Å². The minimum Gasteiger partial charge on any atom is -0.386 e. The molecule has 3 rings (SSSR count). The lowest BCUT2D eigenvalue weighted by molar-refractivity contribution is 0.0693. The fraction of sp³-hybridized carbons (Fsp3) is 0.529. The predicted molar refractivity (Wildman–Crippen MR) is 82.1 cm³/mol. The normalized spacial score (nSPS) is 23.9. The van der Waals surface area contributed by atoms with Crippen molar-refractivity contribution in [1.82, 2.24) is 15.0 Å². The van der Waals surface area contributed by atoms with E-state index in [-0.39, 0.29) is 0 Å². The number of hydrogen-bond acceptors (Lipinski definition) is 3. The number of nitrogens with zero attached hydrogens (tertiary/aromatic N) is 3. The Morgan fingerprint density at radius 1 is 1.19 bits per heavy atom. The molecule has 4 heteroatoms. The van der Waals surface area contributed by atoms with Gasteiger partial charge in [-0.2, -0.15) is 15.0 Å². The highest BCUT2D eigenvalue weighted by molar-refractivity contribution is 5.28. The van der Waals surface area contributed by atoms with E-state index in [1.807, 2.05) is 30.3 Å². The molecule has 1 N–H and O–H groups in total. The van der Waals surface area contributed by atoms with Crippen LogP contribution in [0.5, 0.6) is 0 Å². The van der Waals surface area contributed by atoms with E-state index in [9.17, 15) is 5.11 Å². The summed E-state index contributed by atoms with van der Waals surface area (Å²) in [5.74, 6) is 1.17. The van der Waals surface area contributed by atoms with Gasteiger partial charge < -0.3 is 5.11 Å². The van der Waals surface area contributed by atoms with E-state index in [2.05, 4.69) is 17.1 Å². The van der Waals surface area contributed by atoms with Gasteiger partial charge in [0.15, 0.2) is 0 Å². The van der Waals surface area contributed by atoms with Crippen LogP contribution < -0.4 is 0 Å². The summed E-state index contributed by atoms with van der Waals surface area (Å²) in [6.45, 7) is 2.26. The Balaban J connectivity index is 1.69. The number of hydrogen-bond donors (Lipinski definition) is 1. The summed E-state index contributed by atoms with van der Waals surface area (Å²) in [5, 5.41) is 19.3. The van der Waals surface area contributed by atoms with Crippen molar-refractivity contribution >= 4 is 0 Å². The zero-order valence-corrected chi connectivity index (χ0v) is 12.5. The maximum atomic E-state index is 10.5. The van der Waals surface area contributed by atoms with E-state index in [1.165, 1.54) is 19.3 Å². The van der Waals surface area contributed by atoms with Gasteiger partial charge in [0.05, 0.1) is 11.9 Å². The number of rotatable bonds is 4. The lowest BCUT2D eigenvalue weighted by Crippen LogP contribution is -2.20. The summed E-state index contributed by atoms with van der Waals surface area (Å²) in [6, 6.07) is 9.81. The fourth-order valence-electron chi connectivity index (χ4n) is 3.25. The lowest BCUT2D eigenvalue weighted by Gasteiger charge is -2.30. The smallest absolute Gasteiger partial charge is 0.112 e. The Kier molecular flexibility index (Phi) is 4.34. The first-order chi connectivity index (χ1) is 10.3. The van der Waals surface area contributed by atoms with Crippen LogP contribution in [0.4, 0.5) is 0 Å². The average Bonchev–Trinajstić information content (AvgIpc) is 3.05. The largest absolute Gasteiger partial charge is 0.386 e. The van der Waals surface area contributed by atoms with Crippen LogP contribution in [-0.2, 0) is 0 Å². The van der Waals surface area contributed by atoms with Gasteiger partial charge in [0.2, 0.25) is 0 Å². The monoisotopic (exact) mass is 285 g/mol. The number of aliphatic hydroxyl groups is 1. The van der Waals surface area contributed by atoms with Gasteiger partial charge in [0.1, 0.15) is 11.8 Å². The molecular formula is C17H23N3O. The standard InChI is InChI=1S/C17H23N3O/c1-2-13-8-10-14(11-9-13)17(21)16-12-18-20(19-16)15-6-4-3-5-7-15/h3-7,12-14,17,21H,2,8-11H2,1H3. The van der Waals surface area contributed by atoms with E-state index in [1.54, 1.807) is 11.0 Å². The van der Waals surface area contributed by atoms with Crippen molar-refractivity contribution in [2.75, 3.05) is 0 Å². The van der Waals surface area contributed by atoms with Crippen LogP contribution in [0.2, 0.25) is 0 Å². The van der Waals surface area contributed by atoms with Crippen LogP contribution in [0.3, 0.4) is 0 Å². The molecule has 1 aliphatic rings. The van der Waals surface area contributed by atoms with Gasteiger partial charge in [-0.05, 0) is 36.8 Å². The molecule has 1 atom stereocenters. The van der Waals surface area contributed by atoms with E-state index in [0.29, 0.717) is 11.6 Å². The topological polar surface area (TPSA) is 50.9 Å². The first-order valence-electron chi connectivity index (χ1n) is 7.93. The highest BCUT2D eigenvalue weighted by Crippen LogP contribution is 2.37. The molecular weight excluding hydrogens is 262 g/mol. The molecule has 2 aromatic rings. The minimum absolute atomic E-state index is 0.328. The van der Waals surface area contributed by atoms with Crippen molar-refractivity contribution < 1.29 is 5.11 Å². The first kappa shape index (κ1) is 14.3. The third-order valence-electron chi connectivity index (χ3n) is 4.72. The minimum atomic E-state index is -0.486. The van der Waals surface area contributed by atoms with Gasteiger partial charge in [-0.25, -0.2) is 0 Å². The summed E-state index contributed by atoms with van der Waals surface area (Å²) in [4.78, 5) is 1.59. The summed E-state index contributed by atoms with van der Waals surface area (Å²) in [5.41, 5.74) is 1.62. The molecule has 0 spiro atoms. The van der Waals surface area contributed by atoms with E-state index >= 15 is 0 Å². The summed E-state index contributed by atoms with van der Waals surface area (Å²) in [6.07, 6.45) is 7.11. The van der Waals surface area contributed by atoms with Crippen LogP contribution in [0.25, 0.3) is 5.69 Å². The van der Waals surface area contributed by atoms with Gasteiger partial charge in [0, 0.05) is 0 Å². The van der Waals surface area contributed by atoms with Crippen molar-refractivity contribution in [2.24, 2.45) is 11.8 Å². The number of para-hydroxylation sites is 1. The average molecular weight is 285 g/mol. The van der Waals surface area contributed by atoms with Crippen LogP contribution in [0.1, 0.15) is 50.8 Å². The summed E-state index contributed by atoms with van der Waals surface area (Å²) in [7, 11) is 0. The molecule has 1 heterocycles. The molecule has 0 amide bonds. The van der Waals surface area contributed by atoms with Gasteiger partial charge in [0.25, 0.3) is 0 Å². The van der Waals surface area contributed by atoms with E-state index in [0.717, 1.165) is 24.4 Å². The quantitative estimate of drug-likeness (QED) is 0.935. The second kappa shape index (κ2) is 6.39. The molecule has 0 saturated heterocycles. The molecule has 0 radical (unpaired) electrons. The lowest BCUT2D eigenvalue weighted by atomic mass is 9.78. The van der Waals surface area contributed by atoms with Crippen LogP contribution in [-0.4, -0.2) is 20.1 Å². The third-order valence-corrected chi connectivity index (χ3v) is 4.72. The molecule has 1 aliphatic carbocycles. The third kappa shape index (κ3) is 3.16. The zero-order chi connectivity index (χ0) is 14.7. The van der Waals surface area contributed by atoms with E-state index < -0.39 is 6.10 Å². The molecule has 1 fully saturated rings. The Morgan fingerprint density at radius 3 is 2.57 bits per heavy atom. The number of aliphatic hydroxyl groups excluding tert-OH is 1. The Bertz CT molecular complexity index is 558. The van der Waals surface area contributed by atoms with Gasteiger partial charge >= 0.3 is 0 Å². The first-order valence-corrected chi connectivity index (χ1v) is 7.93. The molecule has 1 aromatic heterocycles. The molecule has 4 nitrogen and oxygen atoms in total. The van der Waals surface area contributed by atoms with Gasteiger partial charge in [-0.1, -0.05) is 44.4 Å². The predicted octanol–water partition coefficient (Wildman–Crippen LogP) is 3.52. The highest BCUT2D eigenvalue weighted by Gasteiger charge is 2.28. The summed E-state index contributed by atoms with van der Waals surface area (Å²) < 4.78 is 0. The van der Waals surface area contributed by atoms with Crippen molar-refractivity contribution in [3.63, 3.8) is 0 Å². The maximum Gasteiger partial charge on any atom is 0.112 e. The Morgan fingerprint density at radius 2 is 1.90 bits per heavy atom. The number of aromatic nitrogens is 3. The van der Waals surface area contributed by atoms with Crippen LogP contribution in [0.15, 0.2) is 36.5 Å². The SMILES string of the molecule is CCC1CCC(C(O)c2cnn(-c3ccccc3)n2)CC1. The maximum absolute atomic E-state index is 10.5. The highest BCUT2D eigenvalue weighted by atomic mass is 16.3. The van der Waals surface area contributed by atoms with Gasteiger partial charge in [-0.15, -0.1) is 0 Å². The van der Waals surface area contributed by atoms with Crippen molar-refractivity contribution in [1.29, 1.82) is 0 Å². The molecule has 1 unspecified atom stereocenters. The fourth-order valence-corrected chi connectivity index (χ4v) is 3.25. The van der Waals surface area contributed by atoms with Crippen LogP contribution >= 0.6 is 0 Å². The molecule has 1 saturated carbocycles. The molecule has 0 aliphatic heterocycles. The Hall–Kier alpha value is -1.68. The molecule has 112 valence electrons. The van der Waals surface area contributed by atoms with Crippen LogP contribution in [0, 0.1) is 11.8 Å². The van der Waals surface area contributed by atoms with Crippen molar-refractivity contribution in [2.45, 2.75) is 45.1 Å². The van der Waals surface area contributed by atoms with Crippen molar-refractivity contribution in [3.05, 3.63) is 42.2 Å². The molecule has 1 aromatic carbocycles. The zero-order valence-electron chi connectivity index (χ0n) is 12.5. The summed E-state index contributed by atoms with van der Waals surface area (Å²) >= 11 is 0. The second-order valence-electron chi connectivity index (χ2n) is 6.03. The van der Waals surface area contributed by atoms with Crippen molar-refractivity contribution in [3.8, 4) is 5.69 Å². The van der Waals surface area contributed by atoms with Gasteiger partial charge in [-0.3, -0.25) is 0 Å². The molecule has 21 heavy (non-hydrogen) atoms. The second-order valence-corrected chi connectivity index (χ2v) is 6.03. The molecule has 0 bridgehead atoms. The number of benzene rings is 1.